The lowest BCUT2D eigenvalue weighted by Gasteiger charge is -2.11. The van der Waals surface area contributed by atoms with Crippen molar-refractivity contribution in [3.8, 4) is 0 Å². The predicted octanol–water partition coefficient (Wildman–Crippen LogP) is 2.90. The van der Waals surface area contributed by atoms with Crippen LogP contribution in [0.1, 0.15) is 39.0 Å². The summed E-state index contributed by atoms with van der Waals surface area (Å²) in [6, 6.07) is -1.24. The molecule has 1 rings (SSSR count). The second-order valence-electron chi connectivity index (χ2n) is 3.58. The number of halogens is 2. The first-order valence-corrected chi connectivity index (χ1v) is 5.76. The van der Waals surface area contributed by atoms with Crippen LogP contribution in [0.5, 0.6) is 0 Å². The van der Waals surface area contributed by atoms with Gasteiger partial charge in [-0.2, -0.15) is 4.42 Å². The smallest absolute Gasteiger partial charge is 0.271 e. The molecule has 1 saturated heterocycles. The highest BCUT2D eigenvalue weighted by molar-refractivity contribution is 6.38. The molecular formula is C9H14Cl2N2O2. The summed E-state index contributed by atoms with van der Waals surface area (Å²) in [5.41, 5.74) is 0. The number of unbranched alkanes of at least 4 members (excludes halogenated alkanes) is 3. The number of hydrogen-bond donors (Lipinski definition) is 0. The largest absolute Gasteiger partial charge is 0.357 e. The highest BCUT2D eigenvalue weighted by atomic mass is 35.5. The van der Waals surface area contributed by atoms with E-state index >= 15 is 0 Å². The van der Waals surface area contributed by atoms with E-state index in [4.69, 9.17) is 23.6 Å². The van der Waals surface area contributed by atoms with E-state index in [-0.39, 0.29) is 0 Å². The fourth-order valence-corrected chi connectivity index (χ4v) is 2.03. The van der Waals surface area contributed by atoms with Gasteiger partial charge in [0.05, 0.1) is 0 Å². The van der Waals surface area contributed by atoms with E-state index in [9.17, 15) is 9.59 Å². The Balaban J connectivity index is 2.41. The van der Waals surface area contributed by atoms with E-state index in [0.29, 0.717) is 10.8 Å². The zero-order chi connectivity index (χ0) is 11.4. The lowest BCUT2D eigenvalue weighted by molar-refractivity contribution is -0.124. The summed E-state index contributed by atoms with van der Waals surface area (Å²) in [5.74, 6) is -0.423. The summed E-state index contributed by atoms with van der Waals surface area (Å²) in [7, 11) is 0. The third kappa shape index (κ3) is 2.75. The number of urea groups is 1. The van der Waals surface area contributed by atoms with Crippen molar-refractivity contribution in [2.24, 2.45) is 0 Å². The van der Waals surface area contributed by atoms with Crippen molar-refractivity contribution in [1.82, 2.24) is 8.84 Å². The minimum absolute atomic E-state index is 0.423. The van der Waals surface area contributed by atoms with Gasteiger partial charge in [0.15, 0.2) is 0 Å². The zero-order valence-electron chi connectivity index (χ0n) is 8.58. The van der Waals surface area contributed by atoms with Crippen molar-refractivity contribution < 1.29 is 9.59 Å². The predicted molar refractivity (Wildman–Crippen MR) is 58.3 cm³/mol. The average Bonchev–Trinajstić information content (AvgIpc) is 2.41. The van der Waals surface area contributed by atoms with Gasteiger partial charge < -0.3 is 0 Å². The molecule has 0 aromatic heterocycles. The first-order chi connectivity index (χ1) is 7.09. The number of carbonyl (C=O) groups excluding carboxylic acids is 2. The Hall–Kier alpha value is -0.480. The average molecular weight is 253 g/mol. The van der Waals surface area contributed by atoms with E-state index in [2.05, 4.69) is 6.92 Å². The molecule has 86 valence electrons. The molecule has 1 aliphatic rings. The molecule has 1 aliphatic heterocycles. The first-order valence-electron chi connectivity index (χ1n) is 5.08. The molecule has 0 aromatic rings. The molecule has 0 aromatic carbocycles. The van der Waals surface area contributed by atoms with Gasteiger partial charge in [0.1, 0.15) is 6.04 Å². The van der Waals surface area contributed by atoms with E-state index in [1.807, 2.05) is 0 Å². The Bertz CT molecular complexity index is 260. The molecule has 0 bridgehead atoms. The normalized spacial score (nSPS) is 21.7. The highest BCUT2D eigenvalue weighted by Crippen LogP contribution is 2.25. The third-order valence-corrected chi connectivity index (χ3v) is 3.13. The minimum atomic E-state index is -0.649. The molecule has 1 unspecified atom stereocenters. The highest BCUT2D eigenvalue weighted by Gasteiger charge is 2.43. The summed E-state index contributed by atoms with van der Waals surface area (Å²) in [4.78, 5) is 22.6. The molecule has 6 heteroatoms. The topological polar surface area (TPSA) is 40.6 Å². The number of nitrogens with zero attached hydrogens (tertiary/aromatic N) is 2. The van der Waals surface area contributed by atoms with Crippen LogP contribution in [0, 0.1) is 0 Å². The van der Waals surface area contributed by atoms with Gasteiger partial charge in [-0.1, -0.05) is 32.6 Å². The van der Waals surface area contributed by atoms with Crippen LogP contribution in [0.2, 0.25) is 0 Å². The molecule has 0 saturated carbocycles. The van der Waals surface area contributed by atoms with Crippen LogP contribution in [-0.2, 0) is 4.79 Å². The van der Waals surface area contributed by atoms with Crippen molar-refractivity contribution in [3.05, 3.63) is 0 Å². The van der Waals surface area contributed by atoms with Gasteiger partial charge in [-0.25, -0.2) is 9.21 Å². The fourth-order valence-electron chi connectivity index (χ4n) is 1.54. The number of amides is 3. The molecule has 4 nitrogen and oxygen atoms in total. The summed E-state index contributed by atoms with van der Waals surface area (Å²) in [5, 5.41) is 0. The van der Waals surface area contributed by atoms with Crippen LogP contribution < -0.4 is 0 Å². The van der Waals surface area contributed by atoms with Gasteiger partial charge in [-0.05, 0) is 6.42 Å². The van der Waals surface area contributed by atoms with E-state index in [1.165, 1.54) is 0 Å². The maximum absolute atomic E-state index is 11.4. The van der Waals surface area contributed by atoms with Gasteiger partial charge in [0, 0.05) is 23.6 Å². The maximum Gasteiger partial charge on any atom is 0.357 e. The van der Waals surface area contributed by atoms with Crippen LogP contribution in [0.25, 0.3) is 0 Å². The van der Waals surface area contributed by atoms with Gasteiger partial charge in [-0.15, -0.1) is 0 Å². The second-order valence-corrected chi connectivity index (χ2v) is 4.28. The number of rotatable bonds is 5. The molecule has 15 heavy (non-hydrogen) atoms. The Morgan fingerprint density at radius 3 is 2.33 bits per heavy atom. The number of imide groups is 1. The first kappa shape index (κ1) is 12.6. The van der Waals surface area contributed by atoms with Gasteiger partial charge >= 0.3 is 6.03 Å². The minimum Gasteiger partial charge on any atom is -0.271 e. The fraction of sp³-hybridized carbons (Fsp3) is 0.778. The third-order valence-electron chi connectivity index (χ3n) is 2.43. The molecule has 0 N–H and O–H groups in total. The quantitative estimate of drug-likeness (QED) is 0.429. The molecule has 0 spiro atoms. The van der Waals surface area contributed by atoms with Crippen LogP contribution >= 0.6 is 23.6 Å². The molecule has 1 atom stereocenters. The van der Waals surface area contributed by atoms with Crippen molar-refractivity contribution in [2.45, 2.75) is 45.1 Å². The van der Waals surface area contributed by atoms with Gasteiger partial charge in [-0.3, -0.25) is 4.79 Å². The summed E-state index contributed by atoms with van der Waals surface area (Å²) >= 11 is 11.1. The van der Waals surface area contributed by atoms with Crippen LogP contribution in [0.3, 0.4) is 0 Å². The lowest BCUT2D eigenvalue weighted by Crippen LogP contribution is -2.27. The molecular weight excluding hydrogens is 239 g/mol. The zero-order valence-corrected chi connectivity index (χ0v) is 10.1. The monoisotopic (exact) mass is 252 g/mol. The number of carbonyl (C=O) groups is 2. The van der Waals surface area contributed by atoms with E-state index in [1.54, 1.807) is 0 Å². The van der Waals surface area contributed by atoms with Crippen molar-refractivity contribution in [3.63, 3.8) is 0 Å². The maximum atomic E-state index is 11.4. The summed E-state index contributed by atoms with van der Waals surface area (Å²) < 4.78 is 1.44. The van der Waals surface area contributed by atoms with Crippen LogP contribution in [-0.4, -0.2) is 26.8 Å². The van der Waals surface area contributed by atoms with E-state index < -0.39 is 18.0 Å². The Labute approximate surface area is 99.3 Å². The molecule has 1 fully saturated rings. The standard InChI is InChI=1S/C9H14Cl2N2O2/c1-2-3-4-5-6-7-8(14)13(11)9(15)12(7)10/h7H,2-6H2,1H3. The Kier molecular flexibility index (Phi) is 4.67. The summed E-state index contributed by atoms with van der Waals surface area (Å²) in [6.07, 6.45) is 4.76. The van der Waals surface area contributed by atoms with Gasteiger partial charge in [0.25, 0.3) is 5.91 Å². The second kappa shape index (κ2) is 5.56. The Morgan fingerprint density at radius 1 is 1.20 bits per heavy atom. The van der Waals surface area contributed by atoms with E-state index in [0.717, 1.165) is 30.1 Å². The van der Waals surface area contributed by atoms with Crippen molar-refractivity contribution in [1.29, 1.82) is 0 Å². The molecule has 1 heterocycles. The molecule has 0 aliphatic carbocycles. The molecule has 0 radical (unpaired) electrons. The summed E-state index contributed by atoms with van der Waals surface area (Å²) in [6.45, 7) is 2.11. The SMILES string of the molecule is CCCCCCC1C(=O)N(Cl)C(=O)N1Cl. The lowest BCUT2D eigenvalue weighted by atomic mass is 10.1. The molecule has 3 amide bonds. The van der Waals surface area contributed by atoms with Crippen molar-refractivity contribution >= 4 is 35.5 Å². The Morgan fingerprint density at radius 2 is 1.87 bits per heavy atom. The van der Waals surface area contributed by atoms with Crippen LogP contribution in [0.4, 0.5) is 4.79 Å². The van der Waals surface area contributed by atoms with Gasteiger partial charge in [0.2, 0.25) is 0 Å². The van der Waals surface area contributed by atoms with Crippen LogP contribution in [0.15, 0.2) is 0 Å². The van der Waals surface area contributed by atoms with Crippen molar-refractivity contribution in [2.75, 3.05) is 0 Å². The number of hydrogen-bond acceptors (Lipinski definition) is 2.